The van der Waals surface area contributed by atoms with Crippen LogP contribution in [0.2, 0.25) is 0 Å². The van der Waals surface area contributed by atoms with Crippen LogP contribution in [0.5, 0.6) is 0 Å². The van der Waals surface area contributed by atoms with Crippen molar-refractivity contribution in [3.63, 3.8) is 0 Å². The molecule has 1 fully saturated rings. The summed E-state index contributed by atoms with van der Waals surface area (Å²) in [6.45, 7) is 2.36. The van der Waals surface area contributed by atoms with Gasteiger partial charge in [0, 0.05) is 29.7 Å². The summed E-state index contributed by atoms with van der Waals surface area (Å²) < 4.78 is 53.0. The van der Waals surface area contributed by atoms with Crippen LogP contribution in [0.1, 0.15) is 11.1 Å². The van der Waals surface area contributed by atoms with Gasteiger partial charge in [-0.3, -0.25) is 0 Å². The third kappa shape index (κ3) is 5.30. The molecule has 1 aliphatic heterocycles. The lowest BCUT2D eigenvalue weighted by Crippen LogP contribution is -2.48. The standard InChI is InChI=1S/C21H24BFN2O6S/c23-19-6-5-17(25-7-9-30-10-8-25)11-16(19)14-32(28,29)24-21(22(26)27)12-15-13-31-20-4-2-1-3-18(15)20/h1-6,11,13,21,24,26-27H,7-10,12,14H2/t21-/m0/s1. The third-order valence-corrected chi connectivity index (χ3v) is 6.80. The number of fused-ring (bicyclic) bond motifs is 1. The lowest BCUT2D eigenvalue weighted by Gasteiger charge is -2.29. The number of hydrogen-bond donors (Lipinski definition) is 3. The van der Waals surface area contributed by atoms with E-state index in [4.69, 9.17) is 9.15 Å². The number of hydrogen-bond acceptors (Lipinski definition) is 7. The molecule has 0 spiro atoms. The van der Waals surface area contributed by atoms with Crippen LogP contribution in [-0.2, 0) is 26.9 Å². The minimum atomic E-state index is -4.09. The van der Waals surface area contributed by atoms with Gasteiger partial charge in [-0.2, -0.15) is 0 Å². The van der Waals surface area contributed by atoms with Crippen molar-refractivity contribution in [2.45, 2.75) is 18.1 Å². The Hall–Kier alpha value is -2.44. The van der Waals surface area contributed by atoms with Crippen LogP contribution in [0, 0.1) is 5.82 Å². The van der Waals surface area contributed by atoms with E-state index in [1.54, 1.807) is 30.3 Å². The van der Waals surface area contributed by atoms with Crippen molar-refractivity contribution in [1.82, 2.24) is 4.72 Å². The normalized spacial score (nSPS) is 15.8. The van der Waals surface area contributed by atoms with Crippen LogP contribution in [0.3, 0.4) is 0 Å². The number of nitrogens with one attached hydrogen (secondary N) is 1. The predicted molar refractivity (Wildman–Crippen MR) is 119 cm³/mol. The minimum Gasteiger partial charge on any atom is -0.464 e. The Morgan fingerprint density at radius 2 is 1.88 bits per heavy atom. The van der Waals surface area contributed by atoms with Gasteiger partial charge in [-0.05, 0) is 36.2 Å². The van der Waals surface area contributed by atoms with Gasteiger partial charge in [-0.15, -0.1) is 0 Å². The molecule has 170 valence electrons. The average molecular weight is 462 g/mol. The molecule has 0 amide bonds. The average Bonchev–Trinajstić information content (AvgIpc) is 3.18. The molecule has 8 nitrogen and oxygen atoms in total. The second kappa shape index (κ2) is 9.59. The number of sulfonamides is 1. The van der Waals surface area contributed by atoms with Crippen molar-refractivity contribution in [3.05, 3.63) is 65.7 Å². The summed E-state index contributed by atoms with van der Waals surface area (Å²) in [4.78, 5) is 2.00. The van der Waals surface area contributed by atoms with Gasteiger partial charge in [0.1, 0.15) is 11.4 Å². The molecule has 4 rings (SSSR count). The summed E-state index contributed by atoms with van der Waals surface area (Å²) in [6.07, 6.45) is 1.45. The summed E-state index contributed by atoms with van der Waals surface area (Å²) in [6, 6.07) is 11.5. The molecule has 0 bridgehead atoms. The van der Waals surface area contributed by atoms with E-state index in [0.29, 0.717) is 43.1 Å². The molecule has 0 unspecified atom stereocenters. The maximum atomic E-state index is 14.4. The highest BCUT2D eigenvalue weighted by Crippen LogP contribution is 2.24. The minimum absolute atomic E-state index is 0.00133. The van der Waals surface area contributed by atoms with E-state index >= 15 is 0 Å². The van der Waals surface area contributed by atoms with Crippen molar-refractivity contribution >= 4 is 33.8 Å². The van der Waals surface area contributed by atoms with Crippen LogP contribution in [0.4, 0.5) is 10.1 Å². The van der Waals surface area contributed by atoms with E-state index in [0.717, 1.165) is 5.39 Å². The fourth-order valence-corrected chi connectivity index (χ4v) is 5.18. The van der Waals surface area contributed by atoms with E-state index < -0.39 is 34.7 Å². The number of para-hydroxylation sites is 1. The van der Waals surface area contributed by atoms with Crippen LogP contribution in [-0.4, -0.2) is 57.8 Å². The van der Waals surface area contributed by atoms with Gasteiger partial charge in [0.05, 0.1) is 31.2 Å². The third-order valence-electron chi connectivity index (χ3n) is 5.44. The van der Waals surface area contributed by atoms with E-state index in [2.05, 4.69) is 4.72 Å². The fraction of sp³-hybridized carbons (Fsp3) is 0.333. The molecule has 0 saturated carbocycles. The molecule has 0 aliphatic carbocycles. The molecule has 2 heterocycles. The van der Waals surface area contributed by atoms with Crippen molar-refractivity contribution in [3.8, 4) is 0 Å². The van der Waals surface area contributed by atoms with Crippen LogP contribution >= 0.6 is 0 Å². The number of benzene rings is 2. The molecule has 32 heavy (non-hydrogen) atoms. The molecule has 0 radical (unpaired) electrons. The highest BCUT2D eigenvalue weighted by molar-refractivity contribution is 7.88. The first-order valence-corrected chi connectivity index (χ1v) is 11.9. The largest absolute Gasteiger partial charge is 0.471 e. The van der Waals surface area contributed by atoms with E-state index in [1.165, 1.54) is 18.4 Å². The SMILES string of the molecule is O=S(=O)(Cc1cc(N2CCOCC2)ccc1F)N[C@@H](Cc1coc2ccccc12)B(O)O. The van der Waals surface area contributed by atoms with Gasteiger partial charge in [0.2, 0.25) is 10.0 Å². The first kappa shape index (κ1) is 22.7. The number of nitrogens with zero attached hydrogens (tertiary/aromatic N) is 1. The van der Waals surface area contributed by atoms with Gasteiger partial charge in [-0.25, -0.2) is 17.5 Å². The van der Waals surface area contributed by atoms with Crippen LogP contribution in [0.25, 0.3) is 11.0 Å². The Morgan fingerprint density at radius 3 is 2.62 bits per heavy atom. The highest BCUT2D eigenvalue weighted by Gasteiger charge is 2.30. The molecule has 11 heteroatoms. The van der Waals surface area contributed by atoms with Gasteiger partial charge in [-0.1, -0.05) is 18.2 Å². The van der Waals surface area contributed by atoms with Crippen molar-refractivity contribution < 1.29 is 32.0 Å². The summed E-state index contributed by atoms with van der Waals surface area (Å²) in [5, 5.41) is 20.3. The Balaban J connectivity index is 1.51. The summed E-state index contributed by atoms with van der Waals surface area (Å²) >= 11 is 0. The van der Waals surface area contributed by atoms with Gasteiger partial charge in [0.15, 0.2) is 0 Å². The lowest BCUT2D eigenvalue weighted by molar-refractivity contribution is 0.122. The van der Waals surface area contributed by atoms with Gasteiger partial charge in [0.25, 0.3) is 0 Å². The quantitative estimate of drug-likeness (QED) is 0.435. The molecule has 1 aromatic heterocycles. The van der Waals surface area contributed by atoms with Gasteiger partial charge >= 0.3 is 7.12 Å². The smallest absolute Gasteiger partial charge is 0.464 e. The molecule has 1 saturated heterocycles. The number of anilines is 1. The summed E-state index contributed by atoms with van der Waals surface area (Å²) in [5.74, 6) is -2.51. The van der Waals surface area contributed by atoms with E-state index in [-0.39, 0.29) is 12.0 Å². The van der Waals surface area contributed by atoms with Crippen molar-refractivity contribution in [1.29, 1.82) is 0 Å². The van der Waals surface area contributed by atoms with Crippen LogP contribution < -0.4 is 9.62 Å². The first-order chi connectivity index (χ1) is 15.3. The maximum absolute atomic E-state index is 14.4. The molecular weight excluding hydrogens is 438 g/mol. The Morgan fingerprint density at radius 1 is 1.12 bits per heavy atom. The monoisotopic (exact) mass is 462 g/mol. The van der Waals surface area contributed by atoms with Crippen molar-refractivity contribution in [2.24, 2.45) is 0 Å². The maximum Gasteiger partial charge on any atom is 0.471 e. The molecule has 1 aliphatic rings. The second-order valence-electron chi connectivity index (χ2n) is 7.73. The zero-order valence-corrected chi connectivity index (χ0v) is 18.1. The summed E-state index contributed by atoms with van der Waals surface area (Å²) in [7, 11) is -6.04. The zero-order chi connectivity index (χ0) is 22.7. The van der Waals surface area contributed by atoms with E-state index in [1.807, 2.05) is 4.90 Å². The first-order valence-electron chi connectivity index (χ1n) is 10.2. The number of ether oxygens (including phenoxy) is 1. The fourth-order valence-electron chi connectivity index (χ4n) is 3.80. The molecule has 2 aromatic carbocycles. The zero-order valence-electron chi connectivity index (χ0n) is 17.3. The molecule has 3 N–H and O–H groups in total. The van der Waals surface area contributed by atoms with E-state index in [9.17, 15) is 22.9 Å². The van der Waals surface area contributed by atoms with Crippen molar-refractivity contribution in [2.75, 3.05) is 31.2 Å². The topological polar surface area (TPSA) is 112 Å². The number of furan rings is 1. The molecule has 1 atom stereocenters. The summed E-state index contributed by atoms with van der Waals surface area (Å²) in [5.41, 5.74) is 1.95. The number of rotatable bonds is 8. The molecule has 3 aromatic rings. The number of halogens is 1. The highest BCUT2D eigenvalue weighted by atomic mass is 32.2. The lowest BCUT2D eigenvalue weighted by atomic mass is 9.77. The van der Waals surface area contributed by atoms with Crippen LogP contribution in [0.15, 0.2) is 53.1 Å². The molecular formula is C21H24BFN2O6S. The van der Waals surface area contributed by atoms with Gasteiger partial charge < -0.3 is 24.1 Å². The Bertz CT molecular complexity index is 1180. The second-order valence-corrected chi connectivity index (χ2v) is 9.49. The predicted octanol–water partition coefficient (Wildman–Crippen LogP) is 1.45. The number of morpholine rings is 1. The Kier molecular flexibility index (Phi) is 6.82. The Labute approximate surface area is 185 Å².